The molecule has 0 aliphatic rings. The average molecular weight is 292 g/mol. The molecule has 0 saturated carbocycles. The van der Waals surface area contributed by atoms with Gasteiger partial charge in [0, 0.05) is 11.8 Å². The van der Waals surface area contributed by atoms with Crippen LogP contribution in [0, 0.1) is 5.82 Å². The van der Waals surface area contributed by atoms with Gasteiger partial charge in [0.15, 0.2) is 0 Å². The van der Waals surface area contributed by atoms with Crippen LogP contribution in [0.5, 0.6) is 0 Å². The van der Waals surface area contributed by atoms with Gasteiger partial charge in [-0.3, -0.25) is 14.3 Å². The van der Waals surface area contributed by atoms with E-state index in [1.807, 2.05) is 0 Å². The largest absolute Gasteiger partial charge is 0.488 e. The Morgan fingerprint density at radius 2 is 2.00 bits per heavy atom. The summed E-state index contributed by atoms with van der Waals surface area (Å²) in [4.78, 5) is 25.5. The van der Waals surface area contributed by atoms with Gasteiger partial charge < -0.3 is 10.0 Å². The molecule has 1 aromatic carbocycles. The zero-order chi connectivity index (χ0) is 15.6. The summed E-state index contributed by atoms with van der Waals surface area (Å²) in [6.45, 7) is 1.77. The Bertz CT molecular complexity index is 769. The van der Waals surface area contributed by atoms with Gasteiger partial charge in [0.25, 0.3) is 5.56 Å². The minimum atomic E-state index is -1.85. The van der Waals surface area contributed by atoms with Crippen molar-refractivity contribution in [3.05, 3.63) is 62.2 Å². The number of H-pyrrole nitrogens is 1. The van der Waals surface area contributed by atoms with Crippen LogP contribution in [0.25, 0.3) is 0 Å². The average Bonchev–Trinajstić information content (AvgIpc) is 2.43. The summed E-state index contributed by atoms with van der Waals surface area (Å²) in [7, 11) is -1.85. The number of halogens is 1. The third-order valence-electron chi connectivity index (χ3n) is 3.19. The number of hydrogen-bond donors (Lipinski definition) is 3. The van der Waals surface area contributed by atoms with Gasteiger partial charge in [-0.15, -0.1) is 0 Å². The maximum Gasteiger partial charge on any atom is 0.488 e. The highest BCUT2D eigenvalue weighted by Gasteiger charge is 2.17. The first-order valence-corrected chi connectivity index (χ1v) is 6.39. The van der Waals surface area contributed by atoms with E-state index in [4.69, 9.17) is 0 Å². The highest BCUT2D eigenvalue weighted by molar-refractivity contribution is 6.59. The molecule has 6 nitrogen and oxygen atoms in total. The molecule has 3 N–H and O–H groups in total. The zero-order valence-electron chi connectivity index (χ0n) is 11.3. The second-order valence-corrected chi connectivity index (χ2v) is 4.61. The van der Waals surface area contributed by atoms with E-state index in [1.165, 1.54) is 22.9 Å². The van der Waals surface area contributed by atoms with Crippen molar-refractivity contribution in [2.75, 3.05) is 0 Å². The highest BCUT2D eigenvalue weighted by atomic mass is 19.1. The predicted octanol–water partition coefficient (Wildman–Crippen LogP) is -1.03. The van der Waals surface area contributed by atoms with Crippen molar-refractivity contribution in [1.29, 1.82) is 0 Å². The summed E-state index contributed by atoms with van der Waals surface area (Å²) in [5.41, 5.74) is -0.267. The van der Waals surface area contributed by atoms with Crippen molar-refractivity contribution in [2.24, 2.45) is 0 Å². The minimum absolute atomic E-state index is 0.00412. The smallest absolute Gasteiger partial charge is 0.423 e. The van der Waals surface area contributed by atoms with Gasteiger partial charge in [0.05, 0.1) is 6.54 Å². The summed E-state index contributed by atoms with van der Waals surface area (Å²) in [6.07, 6.45) is 1.87. The first-order valence-electron chi connectivity index (χ1n) is 6.39. The lowest BCUT2D eigenvalue weighted by atomic mass is 9.77. The van der Waals surface area contributed by atoms with Crippen LogP contribution in [0.15, 0.2) is 34.0 Å². The summed E-state index contributed by atoms with van der Waals surface area (Å²) in [6, 6.07) is 3.53. The molecule has 8 heteroatoms. The molecule has 1 aromatic heterocycles. The van der Waals surface area contributed by atoms with Gasteiger partial charge in [-0.05, 0) is 29.6 Å². The molecular formula is C13H14BFN2O4. The monoisotopic (exact) mass is 292 g/mol. The first-order chi connectivity index (χ1) is 9.92. The topological polar surface area (TPSA) is 95.3 Å². The number of nitrogens with zero attached hydrogens (tertiary/aromatic N) is 1. The molecule has 1 heterocycles. The van der Waals surface area contributed by atoms with Crippen LogP contribution in [0.3, 0.4) is 0 Å². The quantitative estimate of drug-likeness (QED) is 0.628. The Kier molecular flexibility index (Phi) is 4.39. The van der Waals surface area contributed by atoms with Crippen molar-refractivity contribution in [2.45, 2.75) is 19.9 Å². The fraction of sp³-hybridized carbons (Fsp3) is 0.231. The zero-order valence-corrected chi connectivity index (χ0v) is 11.3. The molecule has 21 heavy (non-hydrogen) atoms. The van der Waals surface area contributed by atoms with E-state index in [9.17, 15) is 24.0 Å². The van der Waals surface area contributed by atoms with E-state index in [2.05, 4.69) is 4.98 Å². The number of rotatable bonds is 4. The molecule has 0 saturated heterocycles. The molecule has 0 aliphatic carbocycles. The SMILES string of the molecule is CCc1cn(Cc2ccc(F)cc2B(O)O)c(=O)[nH]c1=O. The Hall–Kier alpha value is -2.19. The molecule has 0 amide bonds. The number of aromatic nitrogens is 2. The lowest BCUT2D eigenvalue weighted by Crippen LogP contribution is -2.37. The molecule has 0 fully saturated rings. The van der Waals surface area contributed by atoms with E-state index >= 15 is 0 Å². The van der Waals surface area contributed by atoms with Crippen LogP contribution >= 0.6 is 0 Å². The third kappa shape index (κ3) is 3.29. The van der Waals surface area contributed by atoms with Gasteiger partial charge in [-0.2, -0.15) is 0 Å². The number of nitrogens with one attached hydrogen (secondary N) is 1. The lowest BCUT2D eigenvalue weighted by Gasteiger charge is -2.11. The van der Waals surface area contributed by atoms with Crippen molar-refractivity contribution in [3.8, 4) is 0 Å². The number of aromatic amines is 1. The van der Waals surface area contributed by atoms with Crippen LogP contribution in [0.4, 0.5) is 4.39 Å². The van der Waals surface area contributed by atoms with Gasteiger partial charge in [-0.25, -0.2) is 9.18 Å². The molecule has 0 unspecified atom stereocenters. The number of benzene rings is 1. The van der Waals surface area contributed by atoms with E-state index in [0.29, 0.717) is 17.5 Å². The molecular weight excluding hydrogens is 278 g/mol. The second kappa shape index (κ2) is 6.07. The molecule has 0 spiro atoms. The maximum absolute atomic E-state index is 13.2. The third-order valence-corrected chi connectivity index (χ3v) is 3.19. The Labute approximate surface area is 119 Å². The normalized spacial score (nSPS) is 10.7. The van der Waals surface area contributed by atoms with E-state index in [0.717, 1.165) is 6.07 Å². The number of aryl methyl sites for hydroxylation is 1. The van der Waals surface area contributed by atoms with Crippen LogP contribution in [-0.2, 0) is 13.0 Å². The van der Waals surface area contributed by atoms with Crippen molar-refractivity contribution in [1.82, 2.24) is 9.55 Å². The summed E-state index contributed by atoms with van der Waals surface area (Å²) < 4.78 is 14.4. The predicted molar refractivity (Wildman–Crippen MR) is 76.0 cm³/mol. The molecule has 2 rings (SSSR count). The van der Waals surface area contributed by atoms with Crippen molar-refractivity contribution in [3.63, 3.8) is 0 Å². The van der Waals surface area contributed by atoms with E-state index in [1.54, 1.807) is 6.92 Å². The Balaban J connectivity index is 2.48. The Morgan fingerprint density at radius 3 is 2.62 bits per heavy atom. The van der Waals surface area contributed by atoms with E-state index < -0.39 is 24.2 Å². The fourth-order valence-corrected chi connectivity index (χ4v) is 2.06. The lowest BCUT2D eigenvalue weighted by molar-refractivity contribution is 0.424. The molecule has 0 atom stereocenters. The summed E-state index contributed by atoms with van der Waals surface area (Å²) in [5.74, 6) is -0.607. The molecule has 2 aromatic rings. The van der Waals surface area contributed by atoms with E-state index in [-0.39, 0.29) is 12.0 Å². The second-order valence-electron chi connectivity index (χ2n) is 4.61. The van der Waals surface area contributed by atoms with Gasteiger partial charge in [0.2, 0.25) is 0 Å². The van der Waals surface area contributed by atoms with Gasteiger partial charge in [0.1, 0.15) is 5.82 Å². The number of hydrogen-bond acceptors (Lipinski definition) is 4. The highest BCUT2D eigenvalue weighted by Crippen LogP contribution is 2.03. The standard InChI is InChI=1S/C13H14BFN2O4/c1-2-8-6-17(13(19)16-12(8)18)7-9-3-4-10(15)5-11(9)14(20)21/h3-6,20-21H,2,7H2,1H3,(H,16,18,19). The van der Waals surface area contributed by atoms with Crippen LogP contribution in [-0.4, -0.2) is 26.7 Å². The summed E-state index contributed by atoms with van der Waals surface area (Å²) in [5, 5.41) is 18.5. The molecule has 110 valence electrons. The molecule has 0 bridgehead atoms. The summed E-state index contributed by atoms with van der Waals surface area (Å²) >= 11 is 0. The minimum Gasteiger partial charge on any atom is -0.423 e. The maximum atomic E-state index is 13.2. The van der Waals surface area contributed by atoms with Crippen LogP contribution < -0.4 is 16.7 Å². The van der Waals surface area contributed by atoms with Gasteiger partial charge in [-0.1, -0.05) is 13.0 Å². The van der Waals surface area contributed by atoms with Crippen LogP contribution in [0.2, 0.25) is 0 Å². The molecule has 0 aliphatic heterocycles. The van der Waals surface area contributed by atoms with Crippen LogP contribution in [0.1, 0.15) is 18.1 Å². The Morgan fingerprint density at radius 1 is 1.29 bits per heavy atom. The fourth-order valence-electron chi connectivity index (χ4n) is 2.06. The first kappa shape index (κ1) is 15.2. The van der Waals surface area contributed by atoms with Crippen molar-refractivity contribution >= 4 is 12.6 Å². The van der Waals surface area contributed by atoms with Crippen molar-refractivity contribution < 1.29 is 14.4 Å². The molecule has 0 radical (unpaired) electrons. The van der Waals surface area contributed by atoms with Gasteiger partial charge >= 0.3 is 12.8 Å².